The van der Waals surface area contributed by atoms with Crippen LogP contribution >= 0.6 is 24.0 Å². The average Bonchev–Trinajstić information content (AvgIpc) is 2.50. The molecule has 0 radical (unpaired) electrons. The van der Waals surface area contributed by atoms with Crippen molar-refractivity contribution in [3.8, 4) is 0 Å². The highest BCUT2D eigenvalue weighted by molar-refractivity contribution is 6.31. The molecule has 0 aliphatic heterocycles. The molecule has 0 aliphatic rings. The fourth-order valence-electron chi connectivity index (χ4n) is 2.21. The number of hydrogen-bond donors (Lipinski definition) is 2. The number of pyridine rings is 1. The summed E-state index contributed by atoms with van der Waals surface area (Å²) in [5.74, 6) is -0.395. The second-order valence-corrected chi connectivity index (χ2v) is 5.31. The Morgan fingerprint density at radius 3 is 2.83 bits per heavy atom. The van der Waals surface area contributed by atoms with Crippen LogP contribution in [0.25, 0.3) is 10.9 Å². The lowest BCUT2D eigenvalue weighted by Crippen LogP contribution is -2.31. The Labute approximate surface area is 145 Å². The van der Waals surface area contributed by atoms with E-state index in [2.05, 4.69) is 11.9 Å². The van der Waals surface area contributed by atoms with E-state index in [4.69, 9.17) is 17.3 Å². The van der Waals surface area contributed by atoms with Crippen molar-refractivity contribution in [1.29, 1.82) is 0 Å². The third-order valence-corrected chi connectivity index (χ3v) is 3.52. The predicted molar refractivity (Wildman–Crippen MR) is 96.7 cm³/mol. The molecule has 1 aromatic carbocycles. The lowest BCUT2D eigenvalue weighted by atomic mass is 10.1. The summed E-state index contributed by atoms with van der Waals surface area (Å²) in [6.45, 7) is 5.09. The number of amides is 1. The first-order chi connectivity index (χ1) is 10.6. The van der Waals surface area contributed by atoms with Crippen LogP contribution in [-0.2, 0) is 6.54 Å². The van der Waals surface area contributed by atoms with E-state index in [1.54, 1.807) is 35.0 Å². The van der Waals surface area contributed by atoms with Gasteiger partial charge < -0.3 is 15.6 Å². The lowest BCUT2D eigenvalue weighted by molar-refractivity contribution is 0.0952. The molecule has 0 spiro atoms. The number of nitrogens with one attached hydrogen (secondary N) is 1. The molecule has 0 unspecified atom stereocenters. The van der Waals surface area contributed by atoms with Crippen molar-refractivity contribution in [1.82, 2.24) is 9.88 Å². The first kappa shape index (κ1) is 19.2. The van der Waals surface area contributed by atoms with Crippen LogP contribution in [0.3, 0.4) is 0 Å². The van der Waals surface area contributed by atoms with Crippen LogP contribution in [0.15, 0.2) is 41.8 Å². The molecule has 23 heavy (non-hydrogen) atoms. The first-order valence-electron chi connectivity index (χ1n) is 7.00. The molecule has 7 heteroatoms. The molecule has 0 aliphatic carbocycles. The van der Waals surface area contributed by atoms with Crippen molar-refractivity contribution in [3.63, 3.8) is 0 Å². The fraction of sp³-hybridized carbons (Fsp3) is 0.250. The van der Waals surface area contributed by atoms with Crippen molar-refractivity contribution in [2.75, 3.05) is 13.1 Å². The highest BCUT2D eigenvalue weighted by atomic mass is 35.5. The van der Waals surface area contributed by atoms with Crippen LogP contribution in [0.2, 0.25) is 5.02 Å². The van der Waals surface area contributed by atoms with E-state index < -0.39 is 5.91 Å². The molecule has 0 bridgehead atoms. The molecular formula is C16H19Cl2N3O2. The van der Waals surface area contributed by atoms with Gasteiger partial charge in [-0.2, -0.15) is 0 Å². The van der Waals surface area contributed by atoms with E-state index in [-0.39, 0.29) is 23.4 Å². The van der Waals surface area contributed by atoms with Gasteiger partial charge in [-0.1, -0.05) is 17.7 Å². The normalized spacial score (nSPS) is 10.2. The van der Waals surface area contributed by atoms with Crippen molar-refractivity contribution in [2.45, 2.75) is 13.0 Å². The summed E-state index contributed by atoms with van der Waals surface area (Å²) in [5.41, 5.74) is 5.87. The van der Waals surface area contributed by atoms with Gasteiger partial charge in [0.2, 0.25) is 5.43 Å². The number of benzene rings is 1. The van der Waals surface area contributed by atoms with Crippen molar-refractivity contribution >= 4 is 40.8 Å². The highest BCUT2D eigenvalue weighted by Gasteiger charge is 2.15. The fourth-order valence-corrected chi connectivity index (χ4v) is 2.38. The molecule has 0 atom stereocenters. The Morgan fingerprint density at radius 1 is 1.43 bits per heavy atom. The highest BCUT2D eigenvalue weighted by Crippen LogP contribution is 2.18. The lowest BCUT2D eigenvalue weighted by Gasteiger charge is -2.12. The Morgan fingerprint density at radius 2 is 2.17 bits per heavy atom. The standard InChI is InChI=1S/C16H18ClN3O2.ClH/c1-2-8-20-10-13(16(22)19-7-3-6-18)15(21)12-5-4-11(17)9-14(12)20;/h2,4-5,9-10H,1,3,6-8,18H2,(H,19,22);1H. The smallest absolute Gasteiger partial charge is 0.256 e. The molecule has 3 N–H and O–H groups in total. The van der Waals surface area contributed by atoms with Crippen LogP contribution in [0.4, 0.5) is 0 Å². The van der Waals surface area contributed by atoms with Crippen LogP contribution in [0.5, 0.6) is 0 Å². The number of halogens is 2. The van der Waals surface area contributed by atoms with Gasteiger partial charge in [-0.3, -0.25) is 9.59 Å². The molecule has 2 aromatic rings. The maximum absolute atomic E-state index is 12.5. The summed E-state index contributed by atoms with van der Waals surface area (Å²) < 4.78 is 1.79. The summed E-state index contributed by atoms with van der Waals surface area (Å²) in [6.07, 6.45) is 3.90. The Kier molecular flexibility index (Phi) is 7.29. The van der Waals surface area contributed by atoms with Gasteiger partial charge in [-0.05, 0) is 31.2 Å². The largest absolute Gasteiger partial charge is 0.352 e. The third kappa shape index (κ3) is 4.34. The van der Waals surface area contributed by atoms with Gasteiger partial charge in [0.15, 0.2) is 0 Å². The number of nitrogens with zero attached hydrogens (tertiary/aromatic N) is 1. The molecule has 0 saturated heterocycles. The van der Waals surface area contributed by atoms with Crippen molar-refractivity contribution in [3.05, 3.63) is 57.9 Å². The van der Waals surface area contributed by atoms with E-state index in [0.29, 0.717) is 42.0 Å². The van der Waals surface area contributed by atoms with E-state index in [1.165, 1.54) is 0 Å². The van der Waals surface area contributed by atoms with Crippen LogP contribution in [0.1, 0.15) is 16.8 Å². The number of rotatable bonds is 6. The molecule has 5 nitrogen and oxygen atoms in total. The van der Waals surface area contributed by atoms with Crippen LogP contribution in [0, 0.1) is 0 Å². The van der Waals surface area contributed by atoms with Crippen LogP contribution < -0.4 is 16.5 Å². The van der Waals surface area contributed by atoms with Gasteiger partial charge in [0.05, 0.1) is 5.52 Å². The van der Waals surface area contributed by atoms with Gasteiger partial charge in [-0.15, -0.1) is 19.0 Å². The van der Waals surface area contributed by atoms with Crippen molar-refractivity contribution < 1.29 is 4.79 Å². The summed E-state index contributed by atoms with van der Waals surface area (Å²) in [7, 11) is 0. The number of nitrogens with two attached hydrogens (primary N) is 1. The van der Waals surface area contributed by atoms with Crippen molar-refractivity contribution in [2.24, 2.45) is 5.73 Å². The van der Waals surface area contributed by atoms with Gasteiger partial charge in [0.1, 0.15) is 5.56 Å². The molecule has 1 aromatic heterocycles. The number of aromatic nitrogens is 1. The summed E-state index contributed by atoms with van der Waals surface area (Å²) in [4.78, 5) is 24.7. The molecule has 1 amide bonds. The van der Waals surface area contributed by atoms with Gasteiger partial charge in [0, 0.05) is 29.7 Å². The van der Waals surface area contributed by atoms with E-state index in [9.17, 15) is 9.59 Å². The molecule has 0 saturated carbocycles. The zero-order valence-electron chi connectivity index (χ0n) is 12.5. The SMILES string of the molecule is C=CCn1cc(C(=O)NCCCN)c(=O)c2ccc(Cl)cc21.Cl. The second-order valence-electron chi connectivity index (χ2n) is 4.87. The topological polar surface area (TPSA) is 77.1 Å². The number of carbonyl (C=O) groups is 1. The van der Waals surface area contributed by atoms with Crippen LogP contribution in [-0.4, -0.2) is 23.6 Å². The third-order valence-electron chi connectivity index (χ3n) is 3.28. The second kappa shape index (κ2) is 8.72. The Hall–Kier alpha value is -1.82. The Balaban J connectivity index is 0.00000264. The zero-order valence-corrected chi connectivity index (χ0v) is 14.1. The summed E-state index contributed by atoms with van der Waals surface area (Å²) in [6, 6.07) is 4.98. The number of carbonyl (C=O) groups excluding carboxylic acids is 1. The average molecular weight is 356 g/mol. The Bertz CT molecular complexity index is 772. The van der Waals surface area contributed by atoms with Gasteiger partial charge >= 0.3 is 0 Å². The number of fused-ring (bicyclic) bond motifs is 1. The quantitative estimate of drug-likeness (QED) is 0.616. The summed E-state index contributed by atoms with van der Waals surface area (Å²) >= 11 is 6.00. The van der Waals surface area contributed by atoms with E-state index in [1.807, 2.05) is 0 Å². The molecule has 0 fully saturated rings. The maximum Gasteiger partial charge on any atom is 0.256 e. The monoisotopic (exact) mass is 355 g/mol. The predicted octanol–water partition coefficient (Wildman–Crippen LogP) is 2.34. The molecule has 1 heterocycles. The van der Waals surface area contributed by atoms with E-state index >= 15 is 0 Å². The molecule has 124 valence electrons. The maximum atomic E-state index is 12.5. The minimum atomic E-state index is -0.395. The number of hydrogen-bond acceptors (Lipinski definition) is 3. The zero-order chi connectivity index (χ0) is 16.1. The summed E-state index contributed by atoms with van der Waals surface area (Å²) in [5, 5.41) is 3.69. The van der Waals surface area contributed by atoms with E-state index in [0.717, 1.165) is 0 Å². The molecular weight excluding hydrogens is 337 g/mol. The van der Waals surface area contributed by atoms with Gasteiger partial charge in [-0.25, -0.2) is 0 Å². The minimum Gasteiger partial charge on any atom is -0.352 e. The number of allylic oxidation sites excluding steroid dienone is 1. The minimum absolute atomic E-state index is 0. The van der Waals surface area contributed by atoms with Gasteiger partial charge in [0.25, 0.3) is 5.91 Å². The molecule has 2 rings (SSSR count). The first-order valence-corrected chi connectivity index (χ1v) is 7.38.